The smallest absolute Gasteiger partial charge is 0.0593 e. The third kappa shape index (κ3) is 4.01. The largest absolute Gasteiger partial charge is 0.381 e. The highest BCUT2D eigenvalue weighted by atomic mass is 16.5. The topological polar surface area (TPSA) is 47.7 Å². The monoisotopic (exact) mass is 230 g/mol. The van der Waals surface area contributed by atoms with E-state index in [1.165, 1.54) is 0 Å². The molecule has 16 heavy (non-hydrogen) atoms. The van der Waals surface area contributed by atoms with Gasteiger partial charge in [0.2, 0.25) is 0 Å². The van der Waals surface area contributed by atoms with Crippen LogP contribution in [0.4, 0.5) is 0 Å². The molecule has 4 nitrogen and oxygen atoms in total. The number of ether oxygens (including phenoxy) is 2. The number of nitrogens with zero attached hydrogens (tertiary/aromatic N) is 1. The molecule has 0 radical (unpaired) electrons. The predicted molar refractivity (Wildman–Crippen MR) is 65.5 cm³/mol. The maximum absolute atomic E-state index is 5.89. The van der Waals surface area contributed by atoms with Crippen LogP contribution in [0.5, 0.6) is 0 Å². The first kappa shape index (κ1) is 13.9. The summed E-state index contributed by atoms with van der Waals surface area (Å²) in [6.45, 7) is 11.3. The van der Waals surface area contributed by atoms with Crippen LogP contribution in [0, 0.1) is 5.41 Å². The van der Waals surface area contributed by atoms with Gasteiger partial charge in [0.15, 0.2) is 0 Å². The second-order valence-corrected chi connectivity index (χ2v) is 4.57. The molecule has 0 bridgehead atoms. The summed E-state index contributed by atoms with van der Waals surface area (Å²) in [6, 6.07) is 0. The van der Waals surface area contributed by atoms with Gasteiger partial charge in [-0.05, 0) is 19.9 Å². The van der Waals surface area contributed by atoms with Gasteiger partial charge < -0.3 is 20.1 Å². The molecule has 1 aliphatic heterocycles. The van der Waals surface area contributed by atoms with Crippen molar-refractivity contribution in [3.05, 3.63) is 0 Å². The van der Waals surface area contributed by atoms with Gasteiger partial charge in [0.25, 0.3) is 0 Å². The van der Waals surface area contributed by atoms with Crippen LogP contribution in [0.3, 0.4) is 0 Å². The first-order valence-electron chi connectivity index (χ1n) is 6.34. The van der Waals surface area contributed by atoms with Crippen LogP contribution in [0.15, 0.2) is 0 Å². The van der Waals surface area contributed by atoms with Crippen LogP contribution in [-0.2, 0) is 9.47 Å². The highest BCUT2D eigenvalue weighted by molar-refractivity contribution is 4.87. The molecule has 1 fully saturated rings. The zero-order valence-corrected chi connectivity index (χ0v) is 10.7. The summed E-state index contributed by atoms with van der Waals surface area (Å²) in [5.41, 5.74) is 6.07. The van der Waals surface area contributed by atoms with Crippen molar-refractivity contribution in [3.8, 4) is 0 Å². The number of hydrogen-bond donors (Lipinski definition) is 1. The molecule has 1 unspecified atom stereocenters. The van der Waals surface area contributed by atoms with Gasteiger partial charge in [0.1, 0.15) is 0 Å². The van der Waals surface area contributed by atoms with E-state index >= 15 is 0 Å². The Morgan fingerprint density at radius 1 is 1.44 bits per heavy atom. The summed E-state index contributed by atoms with van der Waals surface area (Å²) >= 11 is 0. The molecular weight excluding hydrogens is 204 g/mol. The third-order valence-electron chi connectivity index (χ3n) is 3.38. The Labute approximate surface area is 99.1 Å². The van der Waals surface area contributed by atoms with Crippen molar-refractivity contribution in [2.45, 2.75) is 20.3 Å². The fourth-order valence-electron chi connectivity index (χ4n) is 2.16. The highest BCUT2D eigenvalue weighted by Crippen LogP contribution is 2.28. The lowest BCUT2D eigenvalue weighted by molar-refractivity contribution is 0.0813. The van der Waals surface area contributed by atoms with Gasteiger partial charge >= 0.3 is 0 Å². The number of nitrogens with two attached hydrogens (primary N) is 1. The molecule has 0 aromatic rings. The van der Waals surface area contributed by atoms with Crippen molar-refractivity contribution in [2.24, 2.45) is 11.1 Å². The molecule has 0 amide bonds. The van der Waals surface area contributed by atoms with E-state index in [2.05, 4.69) is 11.8 Å². The molecule has 0 aromatic carbocycles. The summed E-state index contributed by atoms with van der Waals surface area (Å²) in [6.07, 6.45) is 1.09. The minimum absolute atomic E-state index is 0.183. The van der Waals surface area contributed by atoms with Crippen molar-refractivity contribution in [3.63, 3.8) is 0 Å². The van der Waals surface area contributed by atoms with Crippen molar-refractivity contribution in [2.75, 3.05) is 52.6 Å². The van der Waals surface area contributed by atoms with E-state index in [0.29, 0.717) is 0 Å². The van der Waals surface area contributed by atoms with E-state index < -0.39 is 0 Å². The Morgan fingerprint density at radius 3 is 2.75 bits per heavy atom. The van der Waals surface area contributed by atoms with Gasteiger partial charge in [0.05, 0.1) is 13.2 Å². The summed E-state index contributed by atoms with van der Waals surface area (Å²) in [5, 5.41) is 0. The van der Waals surface area contributed by atoms with E-state index in [1.807, 2.05) is 6.92 Å². The number of rotatable bonds is 8. The molecule has 1 atom stereocenters. The average Bonchev–Trinajstić information content (AvgIpc) is 2.77. The van der Waals surface area contributed by atoms with Crippen LogP contribution in [0.1, 0.15) is 20.3 Å². The maximum Gasteiger partial charge on any atom is 0.0593 e. The summed E-state index contributed by atoms with van der Waals surface area (Å²) in [5.74, 6) is 0. The predicted octanol–water partition coefficient (Wildman–Crippen LogP) is 0.710. The second kappa shape index (κ2) is 7.22. The first-order valence-corrected chi connectivity index (χ1v) is 6.34. The number of hydrogen-bond acceptors (Lipinski definition) is 4. The van der Waals surface area contributed by atoms with Gasteiger partial charge in [-0.2, -0.15) is 0 Å². The lowest BCUT2D eigenvalue weighted by Crippen LogP contribution is -2.44. The minimum Gasteiger partial charge on any atom is -0.381 e. The Morgan fingerprint density at radius 2 is 2.25 bits per heavy atom. The molecule has 1 rings (SSSR count). The van der Waals surface area contributed by atoms with Crippen LogP contribution >= 0.6 is 0 Å². The molecule has 0 aromatic heterocycles. The van der Waals surface area contributed by atoms with Crippen LogP contribution < -0.4 is 5.73 Å². The zero-order chi connectivity index (χ0) is 11.9. The quantitative estimate of drug-likeness (QED) is 0.624. The number of likely N-dealkylation sites (N-methyl/N-ethyl adjacent to an activating group) is 1. The minimum atomic E-state index is 0.183. The van der Waals surface area contributed by atoms with E-state index in [0.717, 1.165) is 59.0 Å². The Bertz CT molecular complexity index is 182. The molecular formula is C12H26N2O2. The standard InChI is InChI=1S/C12H26N2O2/c1-3-14(6-8-15-4-2)10-12(9-13)5-7-16-11-12/h3-11,13H2,1-2H3. The zero-order valence-electron chi connectivity index (χ0n) is 10.7. The van der Waals surface area contributed by atoms with Crippen molar-refractivity contribution >= 4 is 0 Å². The lowest BCUT2D eigenvalue weighted by atomic mass is 9.87. The Balaban J connectivity index is 2.35. The molecule has 0 saturated carbocycles. The van der Waals surface area contributed by atoms with E-state index in [4.69, 9.17) is 15.2 Å². The SMILES string of the molecule is CCOCCN(CC)CC1(CN)CCOC1. The summed E-state index contributed by atoms with van der Waals surface area (Å²) in [7, 11) is 0. The average molecular weight is 230 g/mol. The molecule has 1 aliphatic rings. The van der Waals surface area contributed by atoms with E-state index in [-0.39, 0.29) is 5.41 Å². The van der Waals surface area contributed by atoms with Crippen LogP contribution in [-0.4, -0.2) is 57.5 Å². The lowest BCUT2D eigenvalue weighted by Gasteiger charge is -2.32. The van der Waals surface area contributed by atoms with E-state index in [9.17, 15) is 0 Å². The molecule has 1 saturated heterocycles. The molecule has 96 valence electrons. The van der Waals surface area contributed by atoms with Gasteiger partial charge in [-0.15, -0.1) is 0 Å². The van der Waals surface area contributed by atoms with Gasteiger partial charge in [-0.3, -0.25) is 0 Å². The fourth-order valence-corrected chi connectivity index (χ4v) is 2.16. The second-order valence-electron chi connectivity index (χ2n) is 4.57. The normalized spacial score (nSPS) is 25.5. The van der Waals surface area contributed by atoms with Gasteiger partial charge in [-0.25, -0.2) is 0 Å². The molecule has 2 N–H and O–H groups in total. The fraction of sp³-hybridized carbons (Fsp3) is 1.00. The summed E-state index contributed by atoms with van der Waals surface area (Å²) in [4.78, 5) is 2.41. The highest BCUT2D eigenvalue weighted by Gasteiger charge is 2.34. The summed E-state index contributed by atoms with van der Waals surface area (Å²) < 4.78 is 10.9. The molecule has 4 heteroatoms. The maximum atomic E-state index is 5.89. The Hall–Kier alpha value is -0.160. The van der Waals surface area contributed by atoms with Gasteiger partial charge in [0, 0.05) is 38.3 Å². The Kier molecular flexibility index (Phi) is 6.28. The molecule has 1 heterocycles. The molecule has 0 aliphatic carbocycles. The van der Waals surface area contributed by atoms with Gasteiger partial charge in [-0.1, -0.05) is 6.92 Å². The van der Waals surface area contributed by atoms with Crippen molar-refractivity contribution in [1.29, 1.82) is 0 Å². The van der Waals surface area contributed by atoms with E-state index in [1.54, 1.807) is 0 Å². The molecule has 0 spiro atoms. The van der Waals surface area contributed by atoms with Crippen molar-refractivity contribution < 1.29 is 9.47 Å². The van der Waals surface area contributed by atoms with Crippen LogP contribution in [0.2, 0.25) is 0 Å². The van der Waals surface area contributed by atoms with Crippen molar-refractivity contribution in [1.82, 2.24) is 4.90 Å². The first-order chi connectivity index (χ1) is 7.76. The van der Waals surface area contributed by atoms with Crippen LogP contribution in [0.25, 0.3) is 0 Å². The third-order valence-corrected chi connectivity index (χ3v) is 3.38.